The topological polar surface area (TPSA) is 59.0 Å². The summed E-state index contributed by atoms with van der Waals surface area (Å²) in [6, 6.07) is 1.89. The van der Waals surface area contributed by atoms with Crippen LogP contribution in [0.5, 0.6) is 0 Å². The summed E-state index contributed by atoms with van der Waals surface area (Å²) < 4.78 is 1.82. The molecule has 1 amide bonds. The van der Waals surface area contributed by atoms with Gasteiger partial charge in [-0.1, -0.05) is 0 Å². The molecule has 17 heavy (non-hydrogen) atoms. The molecular formula is C12H20N4O. The van der Waals surface area contributed by atoms with Crippen LogP contribution in [0.25, 0.3) is 0 Å². The molecule has 0 spiro atoms. The first-order valence-corrected chi connectivity index (χ1v) is 6.29. The summed E-state index contributed by atoms with van der Waals surface area (Å²) in [5, 5.41) is 10.3. The zero-order valence-electron chi connectivity index (χ0n) is 10.1. The minimum absolute atomic E-state index is 0.170. The van der Waals surface area contributed by atoms with Crippen LogP contribution in [0.2, 0.25) is 0 Å². The number of hydrogen-bond acceptors (Lipinski definition) is 3. The van der Waals surface area contributed by atoms with E-state index in [0.29, 0.717) is 18.9 Å². The maximum Gasteiger partial charge on any atom is 0.220 e. The van der Waals surface area contributed by atoms with Crippen molar-refractivity contribution in [3.8, 4) is 0 Å². The van der Waals surface area contributed by atoms with Crippen molar-refractivity contribution in [2.75, 3.05) is 19.6 Å². The molecule has 0 saturated carbocycles. The van der Waals surface area contributed by atoms with E-state index in [0.717, 1.165) is 32.5 Å². The number of carbonyl (C=O) groups excluding carboxylic acids is 1. The average Bonchev–Trinajstić information content (AvgIpc) is 2.83. The highest BCUT2D eigenvalue weighted by molar-refractivity contribution is 5.76. The summed E-state index contributed by atoms with van der Waals surface area (Å²) in [5.74, 6) is 0.727. The number of amides is 1. The van der Waals surface area contributed by atoms with Gasteiger partial charge in [0, 0.05) is 25.4 Å². The van der Waals surface area contributed by atoms with Gasteiger partial charge in [-0.25, -0.2) is 0 Å². The summed E-state index contributed by atoms with van der Waals surface area (Å²) in [6.45, 7) is 3.49. The zero-order chi connectivity index (χ0) is 11.9. The van der Waals surface area contributed by atoms with Gasteiger partial charge in [0.2, 0.25) is 5.91 Å². The highest BCUT2D eigenvalue weighted by Crippen LogP contribution is 2.15. The van der Waals surface area contributed by atoms with Gasteiger partial charge >= 0.3 is 0 Å². The van der Waals surface area contributed by atoms with Crippen LogP contribution >= 0.6 is 0 Å². The maximum atomic E-state index is 11.7. The summed E-state index contributed by atoms with van der Waals surface area (Å²) in [5.41, 5.74) is 0. The Morgan fingerprint density at radius 2 is 2.29 bits per heavy atom. The van der Waals surface area contributed by atoms with E-state index in [2.05, 4.69) is 15.7 Å². The largest absolute Gasteiger partial charge is 0.354 e. The Kier molecular flexibility index (Phi) is 4.55. The van der Waals surface area contributed by atoms with E-state index in [9.17, 15) is 4.79 Å². The molecule has 5 heteroatoms. The number of nitrogens with one attached hydrogen (secondary N) is 2. The number of aromatic nitrogens is 2. The van der Waals surface area contributed by atoms with Crippen LogP contribution in [-0.2, 0) is 11.3 Å². The Bertz CT molecular complexity index is 330. The molecule has 0 atom stereocenters. The van der Waals surface area contributed by atoms with Gasteiger partial charge < -0.3 is 10.6 Å². The third-order valence-corrected chi connectivity index (χ3v) is 3.16. The van der Waals surface area contributed by atoms with Crippen LogP contribution in [0.1, 0.15) is 19.3 Å². The van der Waals surface area contributed by atoms with Crippen molar-refractivity contribution in [3.63, 3.8) is 0 Å². The summed E-state index contributed by atoms with van der Waals surface area (Å²) >= 11 is 0. The van der Waals surface area contributed by atoms with Crippen LogP contribution in [0.4, 0.5) is 0 Å². The monoisotopic (exact) mass is 236 g/mol. The average molecular weight is 236 g/mol. The number of hydrogen-bond donors (Lipinski definition) is 2. The molecule has 1 aliphatic heterocycles. The first-order chi connectivity index (χ1) is 8.34. The van der Waals surface area contributed by atoms with E-state index in [1.54, 1.807) is 6.20 Å². The fourth-order valence-corrected chi connectivity index (χ4v) is 2.16. The van der Waals surface area contributed by atoms with Gasteiger partial charge in [0.05, 0.1) is 6.54 Å². The van der Waals surface area contributed by atoms with E-state index in [1.807, 2.05) is 16.9 Å². The van der Waals surface area contributed by atoms with Gasteiger partial charge in [0.25, 0.3) is 0 Å². The van der Waals surface area contributed by atoms with Gasteiger partial charge in [0.1, 0.15) is 0 Å². The molecule has 2 heterocycles. The number of rotatable bonds is 5. The molecule has 0 unspecified atom stereocenters. The third kappa shape index (κ3) is 4.19. The number of carbonyl (C=O) groups is 1. The van der Waals surface area contributed by atoms with Gasteiger partial charge in [-0.05, 0) is 37.9 Å². The Morgan fingerprint density at radius 3 is 3.00 bits per heavy atom. The van der Waals surface area contributed by atoms with E-state index in [-0.39, 0.29) is 5.91 Å². The fraction of sp³-hybridized carbons (Fsp3) is 0.667. The lowest BCUT2D eigenvalue weighted by atomic mass is 9.94. The van der Waals surface area contributed by atoms with E-state index in [1.165, 1.54) is 0 Å². The van der Waals surface area contributed by atoms with Gasteiger partial charge in [-0.2, -0.15) is 5.10 Å². The Balaban J connectivity index is 1.60. The SMILES string of the molecule is O=C(CC1CCNCC1)NCCn1cccn1. The van der Waals surface area contributed by atoms with Crippen molar-refractivity contribution in [3.05, 3.63) is 18.5 Å². The molecule has 0 aromatic carbocycles. The second kappa shape index (κ2) is 6.39. The summed E-state index contributed by atoms with van der Waals surface area (Å²) in [6.07, 6.45) is 6.55. The Morgan fingerprint density at radius 1 is 1.47 bits per heavy atom. The van der Waals surface area contributed by atoms with E-state index < -0.39 is 0 Å². The van der Waals surface area contributed by atoms with Crippen molar-refractivity contribution in [1.82, 2.24) is 20.4 Å². The molecule has 0 bridgehead atoms. The van der Waals surface area contributed by atoms with Crippen LogP contribution in [0.15, 0.2) is 18.5 Å². The van der Waals surface area contributed by atoms with Crippen molar-refractivity contribution < 1.29 is 4.79 Å². The predicted octanol–water partition coefficient (Wildman–Crippen LogP) is 0.389. The molecular weight excluding hydrogens is 216 g/mol. The summed E-state index contributed by atoms with van der Waals surface area (Å²) in [4.78, 5) is 11.7. The standard InChI is InChI=1S/C12H20N4O/c17-12(10-11-2-5-13-6-3-11)14-7-9-16-8-1-4-15-16/h1,4,8,11,13H,2-3,5-7,9-10H2,(H,14,17). The lowest BCUT2D eigenvalue weighted by Crippen LogP contribution is -2.33. The smallest absolute Gasteiger partial charge is 0.220 e. The van der Waals surface area contributed by atoms with Crippen molar-refractivity contribution in [2.24, 2.45) is 5.92 Å². The third-order valence-electron chi connectivity index (χ3n) is 3.16. The van der Waals surface area contributed by atoms with Crippen LogP contribution in [0, 0.1) is 5.92 Å². The second-order valence-corrected chi connectivity index (χ2v) is 4.52. The Hall–Kier alpha value is -1.36. The molecule has 0 aliphatic carbocycles. The molecule has 0 radical (unpaired) electrons. The lowest BCUT2D eigenvalue weighted by Gasteiger charge is -2.21. The Labute approximate surface area is 102 Å². The number of nitrogens with zero attached hydrogens (tertiary/aromatic N) is 2. The molecule has 1 aromatic rings. The quantitative estimate of drug-likeness (QED) is 0.777. The van der Waals surface area contributed by atoms with Crippen LogP contribution in [-0.4, -0.2) is 35.3 Å². The maximum absolute atomic E-state index is 11.7. The highest BCUT2D eigenvalue weighted by atomic mass is 16.1. The molecule has 1 aromatic heterocycles. The van der Waals surface area contributed by atoms with Crippen molar-refractivity contribution >= 4 is 5.91 Å². The van der Waals surface area contributed by atoms with Gasteiger partial charge in [-0.15, -0.1) is 0 Å². The number of piperidine rings is 1. The van der Waals surface area contributed by atoms with Crippen LogP contribution in [0.3, 0.4) is 0 Å². The summed E-state index contributed by atoms with van der Waals surface area (Å²) in [7, 11) is 0. The molecule has 2 rings (SSSR count). The highest BCUT2D eigenvalue weighted by Gasteiger charge is 2.16. The fourth-order valence-electron chi connectivity index (χ4n) is 2.16. The van der Waals surface area contributed by atoms with Crippen molar-refractivity contribution in [2.45, 2.75) is 25.8 Å². The molecule has 1 aliphatic rings. The van der Waals surface area contributed by atoms with E-state index in [4.69, 9.17) is 0 Å². The van der Waals surface area contributed by atoms with E-state index >= 15 is 0 Å². The molecule has 5 nitrogen and oxygen atoms in total. The first kappa shape index (κ1) is 12.1. The lowest BCUT2D eigenvalue weighted by molar-refractivity contribution is -0.122. The van der Waals surface area contributed by atoms with Gasteiger partial charge in [-0.3, -0.25) is 9.48 Å². The van der Waals surface area contributed by atoms with Gasteiger partial charge in [0.15, 0.2) is 0 Å². The zero-order valence-corrected chi connectivity index (χ0v) is 10.1. The van der Waals surface area contributed by atoms with Crippen molar-refractivity contribution in [1.29, 1.82) is 0 Å². The molecule has 2 N–H and O–H groups in total. The first-order valence-electron chi connectivity index (χ1n) is 6.29. The predicted molar refractivity (Wildman–Crippen MR) is 65.4 cm³/mol. The molecule has 1 saturated heterocycles. The minimum atomic E-state index is 0.170. The minimum Gasteiger partial charge on any atom is -0.354 e. The second-order valence-electron chi connectivity index (χ2n) is 4.52. The molecule has 1 fully saturated rings. The normalized spacial score (nSPS) is 16.9. The van der Waals surface area contributed by atoms with Crippen LogP contribution < -0.4 is 10.6 Å². The molecule has 94 valence electrons.